The Morgan fingerprint density at radius 3 is 1.15 bits per heavy atom. The number of carbonyl (C=O) groups excluding carboxylic acids is 2. The van der Waals surface area contributed by atoms with Crippen LogP contribution in [0.1, 0.15) is 226 Å². The van der Waals surface area contributed by atoms with Gasteiger partial charge >= 0.3 is 11.9 Å². The fraction of sp³-hybridized carbons (Fsp3) is 0.951. The van der Waals surface area contributed by atoms with E-state index in [9.17, 15) is 14.7 Å². The highest BCUT2D eigenvalue weighted by molar-refractivity contribution is 5.70. The third kappa shape index (κ3) is 35.7. The fourth-order valence-corrected chi connectivity index (χ4v) is 6.21. The molecule has 0 bridgehead atoms. The second kappa shape index (κ2) is 36.7. The van der Waals surface area contributed by atoms with Gasteiger partial charge in [0.15, 0.2) is 6.10 Å². The largest absolute Gasteiger partial charge is 0.462 e. The molecule has 0 radical (unpaired) electrons. The Labute approximate surface area is 287 Å². The molecule has 5 heteroatoms. The Balaban J connectivity index is 3.49. The van der Waals surface area contributed by atoms with E-state index in [1.165, 1.54) is 161 Å². The van der Waals surface area contributed by atoms with Crippen LogP contribution in [0.2, 0.25) is 0 Å². The molecule has 0 aromatic rings. The average Bonchev–Trinajstić information content (AvgIpc) is 3.04. The van der Waals surface area contributed by atoms with Gasteiger partial charge in [-0.15, -0.1) is 0 Å². The van der Waals surface area contributed by atoms with E-state index >= 15 is 0 Å². The number of aliphatic hydroxyl groups is 1. The van der Waals surface area contributed by atoms with Crippen LogP contribution in [0, 0.1) is 5.92 Å². The van der Waals surface area contributed by atoms with Gasteiger partial charge in [0.25, 0.3) is 0 Å². The Morgan fingerprint density at radius 1 is 0.478 bits per heavy atom. The lowest BCUT2D eigenvalue weighted by molar-refractivity contribution is -0.161. The molecule has 0 aromatic carbocycles. The molecule has 274 valence electrons. The molecule has 0 rings (SSSR count). The summed E-state index contributed by atoms with van der Waals surface area (Å²) in [4.78, 5) is 24.3. The summed E-state index contributed by atoms with van der Waals surface area (Å²) >= 11 is 0. The molecule has 0 unspecified atom stereocenters. The van der Waals surface area contributed by atoms with Crippen LogP contribution in [0.25, 0.3) is 0 Å². The first-order valence-electron chi connectivity index (χ1n) is 20.5. The maximum absolute atomic E-state index is 12.2. The first-order valence-corrected chi connectivity index (χ1v) is 20.5. The number of aliphatic hydroxyl groups excluding tert-OH is 1. The van der Waals surface area contributed by atoms with Gasteiger partial charge in [0.05, 0.1) is 6.61 Å². The molecule has 0 heterocycles. The van der Waals surface area contributed by atoms with Crippen LogP contribution in [-0.2, 0) is 19.1 Å². The first-order chi connectivity index (χ1) is 22.5. The number of carbonyl (C=O) groups is 2. The number of unbranched alkanes of at least 4 members (excludes halogenated alkanes) is 27. The molecule has 1 N–H and O–H groups in total. The molecule has 0 saturated carbocycles. The summed E-state index contributed by atoms with van der Waals surface area (Å²) in [5, 5.41) is 9.56. The van der Waals surface area contributed by atoms with Gasteiger partial charge in [0.2, 0.25) is 0 Å². The molecule has 0 spiro atoms. The molecule has 1 atom stereocenters. The van der Waals surface area contributed by atoms with E-state index in [4.69, 9.17) is 9.47 Å². The number of rotatable bonds is 37. The number of hydrogen-bond donors (Lipinski definition) is 1. The SMILES string of the molecule is CCCCCCCCCCCCCCCCCC(=O)OC[C@H](CO)OC(=O)CCCCCCCCCCCCCCCCC(C)C. The first kappa shape index (κ1) is 44.9. The maximum Gasteiger partial charge on any atom is 0.306 e. The predicted octanol–water partition coefficient (Wildman–Crippen LogP) is 12.6. The van der Waals surface area contributed by atoms with Crippen molar-refractivity contribution >= 4 is 11.9 Å². The Bertz CT molecular complexity index is 634. The molecule has 0 aliphatic heterocycles. The Kier molecular flexibility index (Phi) is 35.9. The van der Waals surface area contributed by atoms with Crippen molar-refractivity contribution in [3.05, 3.63) is 0 Å². The monoisotopic (exact) mass is 653 g/mol. The Hall–Kier alpha value is -1.10. The van der Waals surface area contributed by atoms with E-state index in [1.807, 2.05) is 0 Å². The van der Waals surface area contributed by atoms with Gasteiger partial charge < -0.3 is 14.6 Å². The standard InChI is InChI=1S/C41H80O5/c1-4-5-6-7-8-9-10-11-12-16-19-22-25-28-31-34-40(43)45-37-39(36-42)46-41(44)35-32-29-26-23-20-17-14-13-15-18-21-24-27-30-33-38(2)3/h38-39,42H,4-37H2,1-3H3/t39-/m0/s1. The van der Waals surface area contributed by atoms with Gasteiger partial charge in [-0.2, -0.15) is 0 Å². The van der Waals surface area contributed by atoms with E-state index in [0.29, 0.717) is 12.8 Å². The van der Waals surface area contributed by atoms with Gasteiger partial charge in [-0.3, -0.25) is 9.59 Å². The lowest BCUT2D eigenvalue weighted by atomic mass is 10.0. The van der Waals surface area contributed by atoms with Crippen molar-refractivity contribution in [2.45, 2.75) is 232 Å². The molecule has 46 heavy (non-hydrogen) atoms. The molecule has 0 amide bonds. The molecular formula is C41H80O5. The normalized spacial score (nSPS) is 12.1. The van der Waals surface area contributed by atoms with Gasteiger partial charge in [-0.25, -0.2) is 0 Å². The summed E-state index contributed by atoms with van der Waals surface area (Å²) in [5.74, 6) is 0.276. The highest BCUT2D eigenvalue weighted by Crippen LogP contribution is 2.16. The maximum atomic E-state index is 12.2. The van der Waals surface area contributed by atoms with E-state index in [0.717, 1.165) is 38.0 Å². The summed E-state index contributed by atoms with van der Waals surface area (Å²) in [7, 11) is 0. The topological polar surface area (TPSA) is 72.8 Å². The van der Waals surface area contributed by atoms with Crippen LogP contribution < -0.4 is 0 Å². The van der Waals surface area contributed by atoms with Crippen LogP contribution >= 0.6 is 0 Å². The van der Waals surface area contributed by atoms with Gasteiger partial charge in [0.1, 0.15) is 6.61 Å². The third-order valence-electron chi connectivity index (χ3n) is 9.33. The number of hydrogen-bond acceptors (Lipinski definition) is 5. The average molecular weight is 653 g/mol. The van der Waals surface area contributed by atoms with Gasteiger partial charge in [-0.05, 0) is 18.8 Å². The summed E-state index contributed by atoms with van der Waals surface area (Å²) < 4.78 is 10.6. The molecule has 0 aliphatic carbocycles. The minimum atomic E-state index is -0.762. The second-order valence-electron chi connectivity index (χ2n) is 14.6. The van der Waals surface area contributed by atoms with Crippen molar-refractivity contribution in [1.82, 2.24) is 0 Å². The van der Waals surface area contributed by atoms with Crippen molar-refractivity contribution < 1.29 is 24.2 Å². The zero-order valence-electron chi connectivity index (χ0n) is 31.3. The minimum absolute atomic E-state index is 0.0574. The van der Waals surface area contributed by atoms with E-state index in [1.54, 1.807) is 0 Å². The van der Waals surface area contributed by atoms with Crippen LogP contribution in [0.5, 0.6) is 0 Å². The van der Waals surface area contributed by atoms with Crippen LogP contribution in [0.15, 0.2) is 0 Å². The Morgan fingerprint density at radius 2 is 0.804 bits per heavy atom. The molecule has 0 aromatic heterocycles. The number of esters is 2. The second-order valence-corrected chi connectivity index (χ2v) is 14.6. The van der Waals surface area contributed by atoms with Crippen LogP contribution in [-0.4, -0.2) is 36.4 Å². The van der Waals surface area contributed by atoms with Crippen LogP contribution in [0.4, 0.5) is 0 Å². The molecule has 0 saturated heterocycles. The zero-order chi connectivity index (χ0) is 33.8. The lowest BCUT2D eigenvalue weighted by Crippen LogP contribution is -2.28. The zero-order valence-corrected chi connectivity index (χ0v) is 31.3. The van der Waals surface area contributed by atoms with E-state index < -0.39 is 6.10 Å². The highest BCUT2D eigenvalue weighted by Gasteiger charge is 2.16. The third-order valence-corrected chi connectivity index (χ3v) is 9.33. The molecule has 5 nitrogen and oxygen atoms in total. The summed E-state index contributed by atoms with van der Waals surface area (Å²) in [6.07, 6.45) is 38.8. The van der Waals surface area contributed by atoms with Crippen LogP contribution in [0.3, 0.4) is 0 Å². The fourth-order valence-electron chi connectivity index (χ4n) is 6.21. The molecule has 0 fully saturated rings. The van der Waals surface area contributed by atoms with Gasteiger partial charge in [0, 0.05) is 12.8 Å². The van der Waals surface area contributed by atoms with Crippen molar-refractivity contribution in [3.8, 4) is 0 Å². The number of ether oxygens (including phenoxy) is 2. The lowest BCUT2D eigenvalue weighted by Gasteiger charge is -2.15. The smallest absolute Gasteiger partial charge is 0.306 e. The summed E-state index contributed by atoms with van der Waals surface area (Å²) in [5.41, 5.74) is 0. The predicted molar refractivity (Wildman–Crippen MR) is 196 cm³/mol. The molecular weight excluding hydrogens is 572 g/mol. The van der Waals surface area contributed by atoms with Crippen molar-refractivity contribution in [3.63, 3.8) is 0 Å². The van der Waals surface area contributed by atoms with E-state index in [-0.39, 0.29) is 25.2 Å². The molecule has 0 aliphatic rings. The van der Waals surface area contributed by atoms with E-state index in [2.05, 4.69) is 20.8 Å². The van der Waals surface area contributed by atoms with Crippen molar-refractivity contribution in [2.24, 2.45) is 5.92 Å². The van der Waals surface area contributed by atoms with Crippen molar-refractivity contribution in [1.29, 1.82) is 0 Å². The van der Waals surface area contributed by atoms with Crippen molar-refractivity contribution in [2.75, 3.05) is 13.2 Å². The summed E-state index contributed by atoms with van der Waals surface area (Å²) in [6.45, 7) is 6.52. The summed E-state index contributed by atoms with van der Waals surface area (Å²) in [6, 6.07) is 0. The van der Waals surface area contributed by atoms with Gasteiger partial charge in [-0.1, -0.05) is 201 Å². The quantitative estimate of drug-likeness (QED) is 0.0534. The highest BCUT2D eigenvalue weighted by atomic mass is 16.6. The minimum Gasteiger partial charge on any atom is -0.462 e.